The molecule has 0 aliphatic carbocycles. The summed E-state index contributed by atoms with van der Waals surface area (Å²) in [6.45, 7) is 1.82. The molecular weight excluding hydrogens is 462 g/mol. The standard InChI is InChI=1S/C18H20BrN5O4S/c1-12(11-25)22-17-16(19)10-20-18(24-17)23-13-4-2-6-15(8-13)29(26,27)21-9-14-5-3-7-28-14/h2-8,10,12,21,25H,9,11H2,1H3,(H2,20,22,23,24)/t12-/m1/s1. The van der Waals surface area contributed by atoms with E-state index in [2.05, 4.69) is 41.3 Å². The molecule has 11 heteroatoms. The molecule has 0 saturated carbocycles. The molecule has 9 nitrogen and oxygen atoms in total. The molecule has 154 valence electrons. The van der Waals surface area contributed by atoms with Gasteiger partial charge in [-0.25, -0.2) is 18.1 Å². The third-order valence-corrected chi connectivity index (χ3v) is 5.80. The second-order valence-corrected chi connectivity index (χ2v) is 8.80. The topological polar surface area (TPSA) is 129 Å². The largest absolute Gasteiger partial charge is 0.468 e. The molecule has 3 rings (SSSR count). The lowest BCUT2D eigenvalue weighted by atomic mass is 10.3. The summed E-state index contributed by atoms with van der Waals surface area (Å²) in [5.41, 5.74) is 0.509. The molecule has 0 amide bonds. The molecule has 0 aliphatic rings. The molecule has 2 aromatic heterocycles. The number of aliphatic hydroxyl groups is 1. The highest BCUT2D eigenvalue weighted by molar-refractivity contribution is 9.10. The smallest absolute Gasteiger partial charge is 0.241 e. The first-order valence-electron chi connectivity index (χ1n) is 8.66. The van der Waals surface area contributed by atoms with E-state index in [9.17, 15) is 13.5 Å². The fraction of sp³-hybridized carbons (Fsp3) is 0.222. The van der Waals surface area contributed by atoms with Crippen molar-refractivity contribution in [1.29, 1.82) is 0 Å². The van der Waals surface area contributed by atoms with Gasteiger partial charge in [0.2, 0.25) is 16.0 Å². The number of nitrogens with zero attached hydrogens (tertiary/aromatic N) is 2. The average Bonchev–Trinajstić information content (AvgIpc) is 3.23. The molecular formula is C18H20BrN5O4S. The quantitative estimate of drug-likeness (QED) is 0.367. The van der Waals surface area contributed by atoms with Crippen molar-refractivity contribution >= 4 is 43.4 Å². The van der Waals surface area contributed by atoms with E-state index >= 15 is 0 Å². The zero-order valence-corrected chi connectivity index (χ0v) is 17.9. The van der Waals surface area contributed by atoms with Crippen LogP contribution in [0.5, 0.6) is 0 Å². The van der Waals surface area contributed by atoms with Gasteiger partial charge in [0.25, 0.3) is 0 Å². The molecule has 29 heavy (non-hydrogen) atoms. The summed E-state index contributed by atoms with van der Waals surface area (Å²) in [6, 6.07) is 9.50. The van der Waals surface area contributed by atoms with E-state index in [1.807, 2.05) is 6.92 Å². The molecule has 0 saturated heterocycles. The molecule has 4 N–H and O–H groups in total. The molecule has 0 bridgehead atoms. The Labute approximate surface area is 176 Å². The molecule has 0 fully saturated rings. The predicted molar refractivity (Wildman–Crippen MR) is 112 cm³/mol. The summed E-state index contributed by atoms with van der Waals surface area (Å²) in [5.74, 6) is 1.30. The second-order valence-electron chi connectivity index (χ2n) is 6.17. The Hall–Kier alpha value is -2.47. The lowest BCUT2D eigenvalue weighted by Crippen LogP contribution is -2.23. The van der Waals surface area contributed by atoms with Crippen molar-refractivity contribution < 1.29 is 17.9 Å². The number of furan rings is 1. The maximum atomic E-state index is 12.5. The van der Waals surface area contributed by atoms with Crippen LogP contribution in [0.25, 0.3) is 0 Å². The van der Waals surface area contributed by atoms with E-state index in [-0.39, 0.29) is 30.0 Å². The molecule has 1 aromatic carbocycles. The molecule has 0 unspecified atom stereocenters. The highest BCUT2D eigenvalue weighted by atomic mass is 79.9. The first kappa shape index (κ1) is 21.2. The number of hydrogen-bond acceptors (Lipinski definition) is 8. The van der Waals surface area contributed by atoms with Crippen molar-refractivity contribution in [3.63, 3.8) is 0 Å². The summed E-state index contributed by atoms with van der Waals surface area (Å²) in [6.07, 6.45) is 3.05. The molecule has 0 radical (unpaired) electrons. The first-order chi connectivity index (χ1) is 13.9. The van der Waals surface area contributed by atoms with Crippen molar-refractivity contribution in [2.24, 2.45) is 0 Å². The number of aromatic nitrogens is 2. The summed E-state index contributed by atoms with van der Waals surface area (Å²) in [5, 5.41) is 15.2. The maximum absolute atomic E-state index is 12.5. The van der Waals surface area contributed by atoms with E-state index in [4.69, 9.17) is 4.42 Å². The van der Waals surface area contributed by atoms with Crippen molar-refractivity contribution in [2.75, 3.05) is 17.2 Å². The number of rotatable bonds is 9. The van der Waals surface area contributed by atoms with Gasteiger partial charge in [0.15, 0.2) is 0 Å². The lowest BCUT2D eigenvalue weighted by molar-refractivity contribution is 0.281. The number of nitrogens with one attached hydrogen (secondary N) is 3. The zero-order chi connectivity index (χ0) is 20.9. The molecule has 2 heterocycles. The van der Waals surface area contributed by atoms with Crippen LogP contribution in [0.1, 0.15) is 12.7 Å². The van der Waals surface area contributed by atoms with Crippen LogP contribution in [0.4, 0.5) is 17.5 Å². The van der Waals surface area contributed by atoms with E-state index < -0.39 is 10.0 Å². The van der Waals surface area contributed by atoms with Gasteiger partial charge in [-0.2, -0.15) is 4.98 Å². The third-order valence-electron chi connectivity index (χ3n) is 3.82. The minimum atomic E-state index is -3.72. The van der Waals surface area contributed by atoms with Crippen LogP contribution < -0.4 is 15.4 Å². The third kappa shape index (κ3) is 5.76. The Kier molecular flexibility index (Phi) is 6.85. The number of hydrogen-bond donors (Lipinski definition) is 4. The van der Waals surface area contributed by atoms with Crippen LogP contribution in [0.15, 0.2) is 62.6 Å². The van der Waals surface area contributed by atoms with Gasteiger partial charge in [0.05, 0.1) is 28.8 Å². The van der Waals surface area contributed by atoms with Gasteiger partial charge in [-0.1, -0.05) is 6.07 Å². The predicted octanol–water partition coefficient (Wildman–Crippen LogP) is 2.85. The normalized spacial score (nSPS) is 12.5. The van der Waals surface area contributed by atoms with Crippen LogP contribution in [0.3, 0.4) is 0 Å². The van der Waals surface area contributed by atoms with Crippen LogP contribution in [-0.4, -0.2) is 36.1 Å². The number of anilines is 3. The fourth-order valence-electron chi connectivity index (χ4n) is 2.34. The Morgan fingerprint density at radius 1 is 1.28 bits per heavy atom. The van der Waals surface area contributed by atoms with E-state index in [0.29, 0.717) is 21.7 Å². The maximum Gasteiger partial charge on any atom is 0.241 e. The number of benzene rings is 1. The number of sulfonamides is 1. The minimum Gasteiger partial charge on any atom is -0.468 e. The van der Waals surface area contributed by atoms with E-state index in [0.717, 1.165) is 0 Å². The highest BCUT2D eigenvalue weighted by Crippen LogP contribution is 2.23. The van der Waals surface area contributed by atoms with Gasteiger partial charge in [-0.05, 0) is 53.2 Å². The number of aliphatic hydroxyl groups excluding tert-OH is 1. The van der Waals surface area contributed by atoms with Gasteiger partial charge in [-0.3, -0.25) is 0 Å². The van der Waals surface area contributed by atoms with Gasteiger partial charge in [-0.15, -0.1) is 0 Å². The second kappa shape index (κ2) is 9.35. The van der Waals surface area contributed by atoms with Gasteiger partial charge >= 0.3 is 0 Å². The van der Waals surface area contributed by atoms with Crippen LogP contribution in [0, 0.1) is 0 Å². The van der Waals surface area contributed by atoms with Gasteiger partial charge < -0.3 is 20.2 Å². The SMILES string of the molecule is C[C@H](CO)Nc1nc(Nc2cccc(S(=O)(=O)NCc3ccco3)c2)ncc1Br. The number of halogens is 1. The zero-order valence-electron chi connectivity index (χ0n) is 15.5. The van der Waals surface area contributed by atoms with Crippen molar-refractivity contribution in [2.45, 2.75) is 24.4 Å². The molecule has 0 aliphatic heterocycles. The van der Waals surface area contributed by atoms with Crippen LogP contribution in [-0.2, 0) is 16.6 Å². The Morgan fingerprint density at radius 2 is 2.10 bits per heavy atom. The Balaban J connectivity index is 1.75. The monoisotopic (exact) mass is 481 g/mol. The lowest BCUT2D eigenvalue weighted by Gasteiger charge is -2.14. The fourth-order valence-corrected chi connectivity index (χ4v) is 3.68. The van der Waals surface area contributed by atoms with Gasteiger partial charge in [0, 0.05) is 17.9 Å². The Bertz CT molecular complexity index is 1060. The first-order valence-corrected chi connectivity index (χ1v) is 10.9. The summed E-state index contributed by atoms with van der Waals surface area (Å²) in [7, 11) is -3.72. The summed E-state index contributed by atoms with van der Waals surface area (Å²) in [4.78, 5) is 8.62. The van der Waals surface area contributed by atoms with Crippen molar-refractivity contribution in [1.82, 2.24) is 14.7 Å². The molecule has 0 spiro atoms. The highest BCUT2D eigenvalue weighted by Gasteiger charge is 2.15. The van der Waals surface area contributed by atoms with Crippen molar-refractivity contribution in [3.8, 4) is 0 Å². The minimum absolute atomic E-state index is 0.0515. The van der Waals surface area contributed by atoms with Crippen LogP contribution >= 0.6 is 15.9 Å². The van der Waals surface area contributed by atoms with Gasteiger partial charge in [0.1, 0.15) is 11.6 Å². The van der Waals surface area contributed by atoms with E-state index in [1.165, 1.54) is 18.4 Å². The summed E-state index contributed by atoms with van der Waals surface area (Å²) >= 11 is 3.35. The Morgan fingerprint density at radius 3 is 2.83 bits per heavy atom. The molecule has 3 aromatic rings. The summed E-state index contributed by atoms with van der Waals surface area (Å²) < 4.78 is 33.3. The van der Waals surface area contributed by atoms with Crippen molar-refractivity contribution in [3.05, 3.63) is 59.1 Å². The van der Waals surface area contributed by atoms with E-state index in [1.54, 1.807) is 30.5 Å². The average molecular weight is 482 g/mol. The molecule has 1 atom stereocenters. The van der Waals surface area contributed by atoms with Crippen LogP contribution in [0.2, 0.25) is 0 Å².